The van der Waals surface area contributed by atoms with Crippen LogP contribution in [-0.2, 0) is 11.2 Å². The van der Waals surface area contributed by atoms with Gasteiger partial charge in [0, 0.05) is 6.04 Å². The summed E-state index contributed by atoms with van der Waals surface area (Å²) in [7, 11) is 0. The zero-order valence-electron chi connectivity index (χ0n) is 11.3. The van der Waals surface area contributed by atoms with Crippen LogP contribution in [0, 0.1) is 5.92 Å². The van der Waals surface area contributed by atoms with Gasteiger partial charge < -0.3 is 10.4 Å². The van der Waals surface area contributed by atoms with Crippen LogP contribution in [0.5, 0.6) is 0 Å². The number of aryl methyl sites for hydroxylation is 1. The number of carboxylic acids is 1. The molecule has 1 aliphatic rings. The van der Waals surface area contributed by atoms with Crippen LogP contribution in [0.3, 0.4) is 0 Å². The minimum absolute atomic E-state index is 0.0941. The molecule has 3 N–H and O–H groups in total. The molecule has 1 heterocycles. The van der Waals surface area contributed by atoms with Gasteiger partial charge in [0.15, 0.2) is 0 Å². The molecule has 1 saturated carbocycles. The average molecular weight is 298 g/mol. The third-order valence-electron chi connectivity index (χ3n) is 3.35. The highest BCUT2D eigenvalue weighted by Gasteiger charge is 2.27. The number of carbonyl (C=O) groups excluding carboxylic acids is 1. The van der Waals surface area contributed by atoms with Crippen LogP contribution in [0.15, 0.2) is 0 Å². The Labute approximate surface area is 120 Å². The Kier molecular flexibility index (Phi) is 4.89. The van der Waals surface area contributed by atoms with E-state index >= 15 is 0 Å². The predicted octanol–water partition coefficient (Wildman–Crippen LogP) is 1.87. The maximum atomic E-state index is 11.8. The van der Waals surface area contributed by atoms with E-state index in [1.54, 1.807) is 0 Å². The number of urea groups is 1. The average Bonchev–Trinajstić information content (AvgIpc) is 2.86. The molecule has 1 fully saturated rings. The molecule has 0 aliphatic heterocycles. The number of hydrogen-bond acceptors (Lipinski definition) is 5. The molecule has 2 amide bonds. The standard InChI is InChI=1S/C12H18N4O3S/c1-2-9-15-16-12(20-9)14-11(19)13-8-5-3-4-7(6-8)10(17)18/h7-8H,2-6H2,1H3,(H,17,18)(H2,13,14,16,19). The highest BCUT2D eigenvalue weighted by molar-refractivity contribution is 7.15. The minimum Gasteiger partial charge on any atom is -0.481 e. The van der Waals surface area contributed by atoms with E-state index in [0.29, 0.717) is 18.0 Å². The number of nitrogens with zero attached hydrogens (tertiary/aromatic N) is 2. The summed E-state index contributed by atoms with van der Waals surface area (Å²) >= 11 is 1.34. The van der Waals surface area contributed by atoms with Gasteiger partial charge in [0.05, 0.1) is 5.92 Å². The number of amides is 2. The number of aromatic nitrogens is 2. The van der Waals surface area contributed by atoms with E-state index in [-0.39, 0.29) is 18.0 Å². The molecule has 2 atom stereocenters. The predicted molar refractivity (Wildman–Crippen MR) is 74.8 cm³/mol. The first-order valence-electron chi connectivity index (χ1n) is 6.71. The number of hydrogen-bond donors (Lipinski definition) is 3. The molecule has 20 heavy (non-hydrogen) atoms. The molecule has 110 valence electrons. The van der Waals surface area contributed by atoms with E-state index in [1.807, 2.05) is 6.92 Å². The second-order valence-corrected chi connectivity index (χ2v) is 5.91. The van der Waals surface area contributed by atoms with Gasteiger partial charge in [-0.05, 0) is 25.7 Å². The van der Waals surface area contributed by atoms with Gasteiger partial charge in [0.2, 0.25) is 5.13 Å². The Balaban J connectivity index is 1.83. The second-order valence-electron chi connectivity index (χ2n) is 4.85. The highest BCUT2D eigenvalue weighted by Crippen LogP contribution is 2.24. The van der Waals surface area contributed by atoms with Crippen LogP contribution in [0.25, 0.3) is 0 Å². The molecular weight excluding hydrogens is 280 g/mol. The molecular formula is C12H18N4O3S. The molecule has 0 bridgehead atoms. The molecule has 0 aromatic carbocycles. The SMILES string of the molecule is CCc1nnc(NC(=O)NC2CCCC(C(=O)O)C2)s1. The normalized spacial score (nSPS) is 22.2. The topological polar surface area (TPSA) is 104 Å². The van der Waals surface area contributed by atoms with Gasteiger partial charge in [-0.25, -0.2) is 4.79 Å². The lowest BCUT2D eigenvalue weighted by molar-refractivity contribution is -0.143. The summed E-state index contributed by atoms with van der Waals surface area (Å²) in [6.07, 6.45) is 3.59. The largest absolute Gasteiger partial charge is 0.481 e. The Morgan fingerprint density at radius 3 is 2.85 bits per heavy atom. The van der Waals surface area contributed by atoms with Crippen LogP contribution in [0.1, 0.15) is 37.6 Å². The molecule has 2 rings (SSSR count). The molecule has 0 radical (unpaired) electrons. The van der Waals surface area contributed by atoms with Crippen molar-refractivity contribution in [3.8, 4) is 0 Å². The Morgan fingerprint density at radius 2 is 2.20 bits per heavy atom. The van der Waals surface area contributed by atoms with Crippen molar-refractivity contribution in [2.24, 2.45) is 5.92 Å². The highest BCUT2D eigenvalue weighted by atomic mass is 32.1. The Bertz CT molecular complexity index is 491. The first kappa shape index (κ1) is 14.7. The molecule has 1 aliphatic carbocycles. The van der Waals surface area contributed by atoms with Crippen LogP contribution < -0.4 is 10.6 Å². The maximum Gasteiger partial charge on any atom is 0.321 e. The number of aliphatic carboxylic acids is 1. The monoisotopic (exact) mass is 298 g/mol. The zero-order valence-corrected chi connectivity index (χ0v) is 12.1. The van der Waals surface area contributed by atoms with Crippen LogP contribution in [0.4, 0.5) is 9.93 Å². The number of rotatable bonds is 4. The number of anilines is 1. The molecule has 0 spiro atoms. The lowest BCUT2D eigenvalue weighted by Crippen LogP contribution is -2.42. The minimum atomic E-state index is -0.784. The van der Waals surface area contributed by atoms with E-state index in [4.69, 9.17) is 5.11 Å². The van der Waals surface area contributed by atoms with Crippen LogP contribution >= 0.6 is 11.3 Å². The van der Waals surface area contributed by atoms with Crippen molar-refractivity contribution in [3.63, 3.8) is 0 Å². The number of carboxylic acid groups (broad SMARTS) is 1. The van der Waals surface area contributed by atoms with Crippen molar-refractivity contribution in [1.82, 2.24) is 15.5 Å². The zero-order chi connectivity index (χ0) is 14.5. The van der Waals surface area contributed by atoms with Gasteiger partial charge in [-0.1, -0.05) is 24.7 Å². The summed E-state index contributed by atoms with van der Waals surface area (Å²) in [6, 6.07) is -0.441. The van der Waals surface area contributed by atoms with Crippen molar-refractivity contribution in [3.05, 3.63) is 5.01 Å². The summed E-state index contributed by atoms with van der Waals surface area (Å²) in [5.74, 6) is -1.14. The smallest absolute Gasteiger partial charge is 0.321 e. The molecule has 8 heteroatoms. The second kappa shape index (κ2) is 6.65. The number of carbonyl (C=O) groups is 2. The molecule has 7 nitrogen and oxygen atoms in total. The number of nitrogens with one attached hydrogen (secondary N) is 2. The van der Waals surface area contributed by atoms with Crippen molar-refractivity contribution in [2.75, 3.05) is 5.32 Å². The molecule has 0 saturated heterocycles. The fourth-order valence-electron chi connectivity index (χ4n) is 2.31. The summed E-state index contributed by atoms with van der Waals surface area (Å²) in [6.45, 7) is 1.97. The lowest BCUT2D eigenvalue weighted by Gasteiger charge is -2.27. The lowest BCUT2D eigenvalue weighted by atomic mass is 9.86. The van der Waals surface area contributed by atoms with Crippen molar-refractivity contribution in [2.45, 2.75) is 45.1 Å². The third kappa shape index (κ3) is 3.89. The van der Waals surface area contributed by atoms with E-state index < -0.39 is 5.97 Å². The molecule has 1 aromatic rings. The summed E-state index contributed by atoms with van der Waals surface area (Å²) in [5.41, 5.74) is 0. The van der Waals surface area contributed by atoms with Crippen molar-refractivity contribution >= 4 is 28.5 Å². The maximum absolute atomic E-state index is 11.8. The Hall–Kier alpha value is -1.70. The Morgan fingerprint density at radius 1 is 1.40 bits per heavy atom. The van der Waals surface area contributed by atoms with E-state index in [0.717, 1.165) is 24.3 Å². The van der Waals surface area contributed by atoms with Crippen LogP contribution in [-0.4, -0.2) is 33.3 Å². The van der Waals surface area contributed by atoms with Crippen molar-refractivity contribution < 1.29 is 14.7 Å². The van der Waals surface area contributed by atoms with Crippen LogP contribution in [0.2, 0.25) is 0 Å². The summed E-state index contributed by atoms with van der Waals surface area (Å²) < 4.78 is 0. The summed E-state index contributed by atoms with van der Waals surface area (Å²) in [5, 5.41) is 23.6. The van der Waals surface area contributed by atoms with Gasteiger partial charge in [-0.15, -0.1) is 10.2 Å². The van der Waals surface area contributed by atoms with Gasteiger partial charge in [-0.2, -0.15) is 0 Å². The third-order valence-corrected chi connectivity index (χ3v) is 4.33. The fourth-order valence-corrected chi connectivity index (χ4v) is 2.99. The van der Waals surface area contributed by atoms with E-state index in [1.165, 1.54) is 11.3 Å². The molecule has 1 aromatic heterocycles. The van der Waals surface area contributed by atoms with Gasteiger partial charge in [0.1, 0.15) is 5.01 Å². The van der Waals surface area contributed by atoms with E-state index in [2.05, 4.69) is 20.8 Å². The quantitative estimate of drug-likeness (QED) is 0.787. The van der Waals surface area contributed by atoms with Gasteiger partial charge >= 0.3 is 12.0 Å². The van der Waals surface area contributed by atoms with Gasteiger partial charge in [-0.3, -0.25) is 10.1 Å². The van der Waals surface area contributed by atoms with E-state index in [9.17, 15) is 9.59 Å². The summed E-state index contributed by atoms with van der Waals surface area (Å²) in [4.78, 5) is 22.8. The first-order chi connectivity index (χ1) is 9.58. The fraction of sp³-hybridized carbons (Fsp3) is 0.667. The molecule has 2 unspecified atom stereocenters. The van der Waals surface area contributed by atoms with Crippen molar-refractivity contribution in [1.29, 1.82) is 0 Å². The first-order valence-corrected chi connectivity index (χ1v) is 7.52. The van der Waals surface area contributed by atoms with Gasteiger partial charge in [0.25, 0.3) is 0 Å².